The fraction of sp³-hybridized carbons (Fsp3) is 0.391. The van der Waals surface area contributed by atoms with Crippen LogP contribution in [0.3, 0.4) is 0 Å². The number of rotatable bonds is 7. The van der Waals surface area contributed by atoms with Crippen LogP contribution in [0.15, 0.2) is 47.6 Å². The molecular weight excluding hydrogens is 380 g/mol. The molecule has 160 valence electrons. The lowest BCUT2D eigenvalue weighted by atomic mass is 10.1. The van der Waals surface area contributed by atoms with Crippen LogP contribution in [0.5, 0.6) is 11.5 Å². The number of piperazine rings is 1. The van der Waals surface area contributed by atoms with Crippen LogP contribution in [0, 0.1) is 6.92 Å². The van der Waals surface area contributed by atoms with Crippen LogP contribution >= 0.6 is 0 Å². The summed E-state index contributed by atoms with van der Waals surface area (Å²) in [6.07, 6.45) is 0. The largest absolute Gasteiger partial charge is 0.504 e. The molecule has 2 aromatic carbocycles. The lowest BCUT2D eigenvalue weighted by molar-refractivity contribution is -1.02. The molecule has 1 aliphatic heterocycles. The number of amides is 1. The molecule has 0 radical (unpaired) electrons. The number of carbonyl (C=O) groups is 1. The molecule has 0 spiro atoms. The number of phenolic OH excluding ortho intramolecular Hbond substituents is 1. The molecule has 30 heavy (non-hydrogen) atoms. The molecule has 0 bridgehead atoms. The van der Waals surface area contributed by atoms with Crippen molar-refractivity contribution in [2.45, 2.75) is 20.4 Å². The first-order chi connectivity index (χ1) is 14.4. The quantitative estimate of drug-likeness (QED) is 0.367. The second-order valence-corrected chi connectivity index (χ2v) is 7.96. The van der Waals surface area contributed by atoms with Crippen molar-refractivity contribution in [1.29, 1.82) is 0 Å². The Balaban J connectivity index is 1.44. The van der Waals surface area contributed by atoms with Crippen LogP contribution in [0.4, 0.5) is 0 Å². The molecule has 0 atom stereocenters. The average molecular weight is 413 g/mol. The number of hydrogen-bond acceptors (Lipinski definition) is 4. The van der Waals surface area contributed by atoms with Gasteiger partial charge in [-0.05, 0) is 32.0 Å². The number of hydrogen-bond donors (Lipinski definition) is 4. The van der Waals surface area contributed by atoms with Gasteiger partial charge in [-0.15, -0.1) is 0 Å². The summed E-state index contributed by atoms with van der Waals surface area (Å²) in [5.41, 5.74) is 6.75. The van der Waals surface area contributed by atoms with Gasteiger partial charge in [0.15, 0.2) is 18.0 Å². The number of nitrogens with one attached hydrogen (secondary N) is 3. The summed E-state index contributed by atoms with van der Waals surface area (Å²) in [4.78, 5) is 15.2. The van der Waals surface area contributed by atoms with Crippen molar-refractivity contribution < 1.29 is 24.4 Å². The maximum Gasteiger partial charge on any atom is 0.295 e. The second kappa shape index (κ2) is 10.2. The smallest absolute Gasteiger partial charge is 0.295 e. The van der Waals surface area contributed by atoms with Crippen molar-refractivity contribution in [1.82, 2.24) is 5.43 Å². The van der Waals surface area contributed by atoms with Crippen molar-refractivity contribution in [3.05, 3.63) is 59.2 Å². The fourth-order valence-corrected chi connectivity index (χ4v) is 3.69. The second-order valence-electron chi connectivity index (χ2n) is 7.96. The lowest BCUT2D eigenvalue weighted by Gasteiger charge is -2.29. The van der Waals surface area contributed by atoms with Crippen molar-refractivity contribution in [3.8, 4) is 11.5 Å². The molecule has 1 saturated heterocycles. The normalized spacial score (nSPS) is 19.4. The Morgan fingerprint density at radius 3 is 2.43 bits per heavy atom. The van der Waals surface area contributed by atoms with E-state index in [1.807, 2.05) is 6.92 Å². The summed E-state index contributed by atoms with van der Waals surface area (Å²) in [5, 5.41) is 13.9. The van der Waals surface area contributed by atoms with Crippen molar-refractivity contribution >= 4 is 11.6 Å². The number of aromatic hydroxyl groups is 1. The Morgan fingerprint density at radius 2 is 1.77 bits per heavy atom. The van der Waals surface area contributed by atoms with E-state index in [4.69, 9.17) is 4.74 Å². The van der Waals surface area contributed by atoms with Crippen molar-refractivity contribution in [2.24, 2.45) is 5.10 Å². The van der Waals surface area contributed by atoms with Gasteiger partial charge in [-0.25, -0.2) is 5.43 Å². The van der Waals surface area contributed by atoms with E-state index in [-0.39, 0.29) is 11.7 Å². The van der Waals surface area contributed by atoms with Crippen LogP contribution < -0.4 is 20.0 Å². The number of methoxy groups -OCH3 is 1. The average Bonchev–Trinajstić information content (AvgIpc) is 2.75. The van der Waals surface area contributed by atoms with Gasteiger partial charge in [0.1, 0.15) is 32.7 Å². The molecule has 4 N–H and O–H groups in total. The minimum absolute atomic E-state index is 0.0744. The zero-order valence-corrected chi connectivity index (χ0v) is 18.0. The highest BCUT2D eigenvalue weighted by molar-refractivity contribution is 5.99. The molecular formula is C23H32N4O3+2. The van der Waals surface area contributed by atoms with E-state index in [9.17, 15) is 9.90 Å². The van der Waals surface area contributed by atoms with Gasteiger partial charge in [-0.1, -0.05) is 29.8 Å². The molecule has 1 fully saturated rings. The Kier molecular flexibility index (Phi) is 7.43. The first-order valence-electron chi connectivity index (χ1n) is 10.4. The van der Waals surface area contributed by atoms with Gasteiger partial charge in [-0.2, -0.15) is 5.10 Å². The highest BCUT2D eigenvalue weighted by Gasteiger charge is 2.24. The predicted octanol–water partition coefficient (Wildman–Crippen LogP) is -0.467. The number of nitrogens with zero attached hydrogens (tertiary/aromatic N) is 1. The maximum atomic E-state index is 12.3. The van der Waals surface area contributed by atoms with Gasteiger partial charge in [-0.3, -0.25) is 4.79 Å². The summed E-state index contributed by atoms with van der Waals surface area (Å²) in [6.45, 7) is 9.47. The standard InChI is InChI=1S/C23H30N4O3/c1-17-4-6-19(7-5-17)15-26-10-12-27(13-11-26)16-23(29)25-24-18(2)20-8-9-21(28)22(14-20)30-3/h4-9,14,28H,10-13,15-16H2,1-3H3,(H,25,29)/p+2/b24-18+. The van der Waals surface area contributed by atoms with Crippen LogP contribution in [-0.4, -0.2) is 56.6 Å². The fourth-order valence-electron chi connectivity index (χ4n) is 3.69. The predicted molar refractivity (Wildman–Crippen MR) is 116 cm³/mol. The topological polar surface area (TPSA) is 79.8 Å². The summed E-state index contributed by atoms with van der Waals surface area (Å²) < 4.78 is 5.12. The maximum absolute atomic E-state index is 12.3. The molecule has 1 amide bonds. The molecule has 1 heterocycles. The summed E-state index contributed by atoms with van der Waals surface area (Å²) in [6, 6.07) is 13.7. The highest BCUT2D eigenvalue weighted by atomic mass is 16.5. The number of phenols is 1. The summed E-state index contributed by atoms with van der Waals surface area (Å²) in [7, 11) is 1.50. The molecule has 7 nitrogen and oxygen atoms in total. The first-order valence-corrected chi connectivity index (χ1v) is 10.4. The van der Waals surface area contributed by atoms with E-state index in [1.165, 1.54) is 23.1 Å². The third kappa shape index (κ3) is 6.05. The van der Waals surface area contributed by atoms with Gasteiger partial charge in [0.05, 0.1) is 12.8 Å². The van der Waals surface area contributed by atoms with Crippen LogP contribution in [0.25, 0.3) is 0 Å². The molecule has 2 aromatic rings. The van der Waals surface area contributed by atoms with E-state index < -0.39 is 0 Å². The molecule has 0 aliphatic carbocycles. The monoisotopic (exact) mass is 412 g/mol. The molecule has 0 saturated carbocycles. The molecule has 7 heteroatoms. The lowest BCUT2D eigenvalue weighted by Crippen LogP contribution is -3.28. The Labute approximate surface area is 178 Å². The number of carbonyl (C=O) groups excluding carboxylic acids is 1. The molecule has 1 aliphatic rings. The van der Waals surface area contributed by atoms with E-state index in [2.05, 4.69) is 41.7 Å². The summed E-state index contributed by atoms with van der Waals surface area (Å²) >= 11 is 0. The molecule has 0 unspecified atom stereocenters. The van der Waals surface area contributed by atoms with E-state index in [0.717, 1.165) is 38.3 Å². The van der Waals surface area contributed by atoms with E-state index in [1.54, 1.807) is 23.1 Å². The zero-order chi connectivity index (χ0) is 21.5. The Morgan fingerprint density at radius 1 is 1.10 bits per heavy atom. The molecule has 3 rings (SSSR count). The minimum Gasteiger partial charge on any atom is -0.504 e. The summed E-state index contributed by atoms with van der Waals surface area (Å²) in [5.74, 6) is 0.367. The van der Waals surface area contributed by atoms with Gasteiger partial charge >= 0.3 is 0 Å². The number of quaternary nitrogens is 2. The van der Waals surface area contributed by atoms with Gasteiger partial charge in [0.25, 0.3) is 5.91 Å². The van der Waals surface area contributed by atoms with Gasteiger partial charge < -0.3 is 19.6 Å². The number of benzene rings is 2. The Bertz CT molecular complexity index is 888. The number of aryl methyl sites for hydroxylation is 1. The number of hydrazone groups is 1. The van der Waals surface area contributed by atoms with E-state index >= 15 is 0 Å². The van der Waals surface area contributed by atoms with Crippen molar-refractivity contribution in [3.63, 3.8) is 0 Å². The van der Waals surface area contributed by atoms with Crippen LogP contribution in [-0.2, 0) is 11.3 Å². The van der Waals surface area contributed by atoms with Gasteiger partial charge in [0, 0.05) is 11.1 Å². The highest BCUT2D eigenvalue weighted by Crippen LogP contribution is 2.26. The minimum atomic E-state index is -0.0860. The number of ether oxygens (including phenoxy) is 1. The first kappa shape index (κ1) is 21.8. The molecule has 0 aromatic heterocycles. The third-order valence-electron chi connectivity index (χ3n) is 5.60. The van der Waals surface area contributed by atoms with E-state index in [0.29, 0.717) is 18.0 Å². The van der Waals surface area contributed by atoms with Gasteiger partial charge in [0.2, 0.25) is 0 Å². The van der Waals surface area contributed by atoms with Crippen LogP contribution in [0.2, 0.25) is 0 Å². The SMILES string of the molecule is COc1cc(/C(C)=N/NC(=O)C[NH+]2CC[NH+](Cc3ccc(C)cc3)CC2)ccc1O. The van der Waals surface area contributed by atoms with Crippen molar-refractivity contribution in [2.75, 3.05) is 39.8 Å². The third-order valence-corrected chi connectivity index (χ3v) is 5.60. The van der Waals surface area contributed by atoms with Crippen LogP contribution in [0.1, 0.15) is 23.6 Å². The Hall–Kier alpha value is -2.90. The zero-order valence-electron chi connectivity index (χ0n) is 18.0.